The summed E-state index contributed by atoms with van der Waals surface area (Å²) in [5.74, 6) is -0.237. The zero-order chi connectivity index (χ0) is 32.4. The van der Waals surface area contributed by atoms with Crippen LogP contribution in [0.15, 0.2) is 11.6 Å². The number of aliphatic hydroxyl groups is 4. The van der Waals surface area contributed by atoms with Gasteiger partial charge in [0.25, 0.3) is 0 Å². The van der Waals surface area contributed by atoms with Gasteiger partial charge in [-0.3, -0.25) is 0 Å². The van der Waals surface area contributed by atoms with Crippen molar-refractivity contribution in [2.75, 3.05) is 0 Å². The standard InChI is InChI=1S/C37H66O8/c1-3-4-10-15-29(38)17-13-14-19-32(41)34-23-25-36(45-34)35-24-22-33(44-35)31(40)18-12-9-7-5-6-8-11-16-30(39)21-20-28-26-27(2)43-37(28)42/h26-27,29-36,38-41H,3-25H2,1-2H3/t27?,29?,30?,31-,32+,33-,34-,35+,36+/m0/s1. The molecule has 0 aromatic rings. The largest absolute Gasteiger partial charge is 0.455 e. The van der Waals surface area contributed by atoms with Gasteiger partial charge in [-0.1, -0.05) is 84.0 Å². The third kappa shape index (κ3) is 14.7. The molecule has 8 heteroatoms. The Hall–Kier alpha value is -1.03. The summed E-state index contributed by atoms with van der Waals surface area (Å²) in [6.07, 6.45) is 21.8. The lowest BCUT2D eigenvalue weighted by Gasteiger charge is -2.24. The van der Waals surface area contributed by atoms with Gasteiger partial charge in [0.05, 0.1) is 48.8 Å². The quantitative estimate of drug-likeness (QED) is 0.0634. The molecule has 3 rings (SSSR count). The first-order valence-electron chi connectivity index (χ1n) is 18.7. The van der Waals surface area contributed by atoms with Crippen LogP contribution in [0.5, 0.6) is 0 Å². The normalized spacial score (nSPS) is 27.8. The first-order chi connectivity index (χ1) is 21.8. The Labute approximate surface area is 273 Å². The first kappa shape index (κ1) is 38.4. The van der Waals surface area contributed by atoms with Gasteiger partial charge in [0.15, 0.2) is 0 Å². The number of cyclic esters (lactones) is 1. The summed E-state index contributed by atoms with van der Waals surface area (Å²) in [6, 6.07) is 0. The Morgan fingerprint density at radius 3 is 1.60 bits per heavy atom. The Morgan fingerprint density at radius 2 is 1.09 bits per heavy atom. The first-order valence-corrected chi connectivity index (χ1v) is 18.7. The molecule has 8 nitrogen and oxygen atoms in total. The van der Waals surface area contributed by atoms with Crippen LogP contribution in [-0.4, -0.2) is 81.3 Å². The van der Waals surface area contributed by atoms with Crippen molar-refractivity contribution >= 4 is 5.97 Å². The molecule has 2 fully saturated rings. The fourth-order valence-corrected chi connectivity index (χ4v) is 7.27. The molecule has 0 aliphatic carbocycles. The fourth-order valence-electron chi connectivity index (χ4n) is 7.27. The van der Waals surface area contributed by atoms with Gasteiger partial charge in [-0.15, -0.1) is 0 Å². The summed E-state index contributed by atoms with van der Waals surface area (Å²) in [5, 5.41) is 41.8. The number of hydrogen-bond donors (Lipinski definition) is 4. The third-order valence-electron chi connectivity index (χ3n) is 10.1. The molecule has 3 aliphatic rings. The topological polar surface area (TPSA) is 126 Å². The third-order valence-corrected chi connectivity index (χ3v) is 10.1. The van der Waals surface area contributed by atoms with E-state index in [0.29, 0.717) is 24.8 Å². The van der Waals surface area contributed by atoms with Crippen molar-refractivity contribution in [2.45, 2.75) is 216 Å². The summed E-state index contributed by atoms with van der Waals surface area (Å²) in [7, 11) is 0. The van der Waals surface area contributed by atoms with Crippen molar-refractivity contribution in [1.29, 1.82) is 0 Å². The molecule has 262 valence electrons. The van der Waals surface area contributed by atoms with Gasteiger partial charge in [-0.2, -0.15) is 0 Å². The maximum Gasteiger partial charge on any atom is 0.334 e. The lowest BCUT2D eigenvalue weighted by Crippen LogP contribution is -2.33. The minimum atomic E-state index is -0.459. The van der Waals surface area contributed by atoms with E-state index in [0.717, 1.165) is 109 Å². The number of rotatable bonds is 25. The second kappa shape index (κ2) is 21.8. The summed E-state index contributed by atoms with van der Waals surface area (Å²) in [6.45, 7) is 4.03. The lowest BCUT2D eigenvalue weighted by molar-refractivity contribution is -0.139. The molecule has 0 saturated carbocycles. The molecule has 0 amide bonds. The molecule has 3 unspecified atom stereocenters. The molecule has 45 heavy (non-hydrogen) atoms. The van der Waals surface area contributed by atoms with E-state index in [-0.39, 0.29) is 48.7 Å². The van der Waals surface area contributed by atoms with Gasteiger partial charge in [-0.05, 0) is 83.6 Å². The molecular formula is C37H66O8. The van der Waals surface area contributed by atoms with Crippen LogP contribution >= 0.6 is 0 Å². The van der Waals surface area contributed by atoms with E-state index >= 15 is 0 Å². The highest BCUT2D eigenvalue weighted by Crippen LogP contribution is 2.34. The van der Waals surface area contributed by atoms with Crippen molar-refractivity contribution in [3.63, 3.8) is 0 Å². The molecule has 0 aromatic carbocycles. The van der Waals surface area contributed by atoms with Gasteiger partial charge < -0.3 is 34.6 Å². The second-order valence-corrected chi connectivity index (χ2v) is 14.2. The van der Waals surface area contributed by atoms with Crippen molar-refractivity contribution in [1.82, 2.24) is 0 Å². The number of esters is 1. The van der Waals surface area contributed by atoms with Crippen LogP contribution in [0.25, 0.3) is 0 Å². The van der Waals surface area contributed by atoms with Gasteiger partial charge >= 0.3 is 5.97 Å². The molecule has 2 saturated heterocycles. The highest BCUT2D eigenvalue weighted by Gasteiger charge is 2.40. The highest BCUT2D eigenvalue weighted by atomic mass is 16.6. The Bertz CT molecular complexity index is 833. The molecular weight excluding hydrogens is 572 g/mol. The van der Waals surface area contributed by atoms with E-state index < -0.39 is 12.2 Å². The van der Waals surface area contributed by atoms with Crippen molar-refractivity contribution in [2.24, 2.45) is 0 Å². The fraction of sp³-hybridized carbons (Fsp3) is 0.919. The maximum atomic E-state index is 11.7. The summed E-state index contributed by atoms with van der Waals surface area (Å²) in [5.41, 5.74) is 0.700. The number of aliphatic hydroxyl groups excluding tert-OH is 4. The lowest BCUT2D eigenvalue weighted by atomic mass is 9.99. The van der Waals surface area contributed by atoms with Crippen LogP contribution < -0.4 is 0 Å². The predicted molar refractivity (Wildman–Crippen MR) is 177 cm³/mol. The minimum Gasteiger partial charge on any atom is -0.455 e. The second-order valence-electron chi connectivity index (χ2n) is 14.2. The maximum absolute atomic E-state index is 11.7. The smallest absolute Gasteiger partial charge is 0.334 e. The molecule has 4 N–H and O–H groups in total. The Kier molecular flexibility index (Phi) is 18.6. The van der Waals surface area contributed by atoms with E-state index in [9.17, 15) is 25.2 Å². The number of hydrogen-bond acceptors (Lipinski definition) is 8. The van der Waals surface area contributed by atoms with Gasteiger partial charge in [0, 0.05) is 5.57 Å². The highest BCUT2D eigenvalue weighted by molar-refractivity contribution is 5.90. The Morgan fingerprint density at radius 1 is 0.644 bits per heavy atom. The van der Waals surface area contributed by atoms with Gasteiger partial charge in [0.2, 0.25) is 0 Å². The Balaban J connectivity index is 1.14. The minimum absolute atomic E-state index is 0.00987. The predicted octanol–water partition coefficient (Wildman–Crippen LogP) is 6.83. The van der Waals surface area contributed by atoms with Crippen LogP contribution in [0.2, 0.25) is 0 Å². The molecule has 9 atom stereocenters. The van der Waals surface area contributed by atoms with Crippen molar-refractivity contribution in [3.05, 3.63) is 11.6 Å². The van der Waals surface area contributed by atoms with Crippen LogP contribution in [0.1, 0.15) is 162 Å². The van der Waals surface area contributed by atoms with E-state index in [2.05, 4.69) is 6.92 Å². The number of carbonyl (C=O) groups is 1. The van der Waals surface area contributed by atoms with E-state index in [4.69, 9.17) is 14.2 Å². The monoisotopic (exact) mass is 638 g/mol. The zero-order valence-corrected chi connectivity index (χ0v) is 28.5. The molecule has 0 aromatic heterocycles. The van der Waals surface area contributed by atoms with Crippen LogP contribution in [-0.2, 0) is 19.0 Å². The van der Waals surface area contributed by atoms with E-state index in [1.54, 1.807) is 0 Å². The van der Waals surface area contributed by atoms with Crippen molar-refractivity contribution in [3.8, 4) is 0 Å². The van der Waals surface area contributed by atoms with Crippen LogP contribution in [0, 0.1) is 0 Å². The summed E-state index contributed by atoms with van der Waals surface area (Å²) < 4.78 is 17.6. The molecule has 0 bridgehead atoms. The average molecular weight is 639 g/mol. The van der Waals surface area contributed by atoms with Crippen LogP contribution in [0.4, 0.5) is 0 Å². The van der Waals surface area contributed by atoms with E-state index in [1.165, 1.54) is 19.3 Å². The number of unbranched alkanes of at least 4 members (excludes halogenated alkanes) is 9. The molecule has 0 radical (unpaired) electrons. The molecule has 0 spiro atoms. The number of ether oxygens (including phenoxy) is 3. The molecule has 3 aliphatic heterocycles. The zero-order valence-electron chi connectivity index (χ0n) is 28.5. The van der Waals surface area contributed by atoms with Crippen LogP contribution in [0.3, 0.4) is 0 Å². The van der Waals surface area contributed by atoms with Gasteiger partial charge in [-0.25, -0.2) is 4.79 Å². The SMILES string of the molecule is CCCCCC(O)CCCC[C@@H](O)[C@@H]1CC[C@H]([C@H]2CC[C@@H]([C@@H](O)CCCCCCCCCC(O)CCC3=CC(C)OC3=O)O2)O1. The summed E-state index contributed by atoms with van der Waals surface area (Å²) >= 11 is 0. The van der Waals surface area contributed by atoms with Crippen molar-refractivity contribution < 1.29 is 39.4 Å². The van der Waals surface area contributed by atoms with Gasteiger partial charge in [0.1, 0.15) is 6.10 Å². The summed E-state index contributed by atoms with van der Waals surface area (Å²) in [4.78, 5) is 11.7. The van der Waals surface area contributed by atoms with E-state index in [1.807, 2.05) is 13.0 Å². The molecule has 3 heterocycles. The number of carbonyl (C=O) groups excluding carboxylic acids is 1. The average Bonchev–Trinajstić information content (AvgIpc) is 3.77.